The molecule has 2 aromatic rings. The number of anilines is 1. The van der Waals surface area contributed by atoms with Crippen LogP contribution in [0.1, 0.15) is 16.7 Å². The highest BCUT2D eigenvalue weighted by atomic mass is 16.5. The van der Waals surface area contributed by atoms with E-state index in [-0.39, 0.29) is 19.0 Å². The lowest BCUT2D eigenvalue weighted by Crippen LogP contribution is -2.49. The van der Waals surface area contributed by atoms with Crippen molar-refractivity contribution in [3.8, 4) is 5.75 Å². The summed E-state index contributed by atoms with van der Waals surface area (Å²) in [5.41, 5.74) is 4.79. The fraction of sp³-hybridized carbons (Fsp3) is 0.458. The van der Waals surface area contributed by atoms with E-state index in [9.17, 15) is 9.90 Å². The van der Waals surface area contributed by atoms with E-state index in [1.807, 2.05) is 24.3 Å². The van der Waals surface area contributed by atoms with Gasteiger partial charge in [-0.1, -0.05) is 18.2 Å². The Labute approximate surface area is 179 Å². The van der Waals surface area contributed by atoms with E-state index in [1.165, 1.54) is 23.9 Å². The zero-order chi connectivity index (χ0) is 21.5. The summed E-state index contributed by atoms with van der Waals surface area (Å²) in [5, 5.41) is 10.4. The van der Waals surface area contributed by atoms with Crippen molar-refractivity contribution in [2.75, 3.05) is 51.3 Å². The number of carbonyl (C=O) groups excluding carboxylic acids is 1. The number of hydrogen-bond donors (Lipinski definition) is 1. The number of piperazine rings is 1. The highest BCUT2D eigenvalue weighted by Gasteiger charge is 2.20. The summed E-state index contributed by atoms with van der Waals surface area (Å²) in [4.78, 5) is 16.0. The molecule has 1 unspecified atom stereocenters. The first-order valence-electron chi connectivity index (χ1n) is 10.5. The first-order chi connectivity index (χ1) is 14.4. The first-order valence-corrected chi connectivity index (χ1v) is 10.5. The Hall–Kier alpha value is -2.57. The standard InChI is InChI=1S/C24H32N2O4/c1-18-4-7-21(14-19(18)2)26-12-10-25(11-13-26)16-22(27)17-30-23-8-5-20(6-9-23)15-24(28)29-3/h4-9,14,22,27H,10-13,15-17H2,1-3H3. The maximum Gasteiger partial charge on any atom is 0.309 e. The van der Waals surface area contributed by atoms with Crippen molar-refractivity contribution in [2.45, 2.75) is 26.4 Å². The third-order valence-corrected chi connectivity index (χ3v) is 5.64. The second kappa shape index (κ2) is 10.5. The van der Waals surface area contributed by atoms with Gasteiger partial charge in [0, 0.05) is 38.4 Å². The van der Waals surface area contributed by atoms with Gasteiger partial charge in [-0.05, 0) is 54.8 Å². The maximum absolute atomic E-state index is 11.3. The zero-order valence-corrected chi connectivity index (χ0v) is 18.1. The van der Waals surface area contributed by atoms with Crippen LogP contribution in [-0.2, 0) is 16.0 Å². The van der Waals surface area contributed by atoms with Gasteiger partial charge < -0.3 is 19.5 Å². The second-order valence-corrected chi connectivity index (χ2v) is 7.92. The Morgan fingerprint density at radius 3 is 2.37 bits per heavy atom. The van der Waals surface area contributed by atoms with Gasteiger partial charge in [-0.25, -0.2) is 0 Å². The van der Waals surface area contributed by atoms with Crippen molar-refractivity contribution in [2.24, 2.45) is 0 Å². The molecular formula is C24H32N2O4. The third kappa shape index (κ3) is 6.21. The average Bonchev–Trinajstić information content (AvgIpc) is 2.75. The Morgan fingerprint density at radius 2 is 1.73 bits per heavy atom. The summed E-state index contributed by atoms with van der Waals surface area (Å²) in [7, 11) is 1.38. The molecule has 1 heterocycles. The van der Waals surface area contributed by atoms with Crippen molar-refractivity contribution < 1.29 is 19.4 Å². The number of aryl methyl sites for hydroxylation is 2. The van der Waals surface area contributed by atoms with E-state index >= 15 is 0 Å². The Bertz CT molecular complexity index is 830. The Morgan fingerprint density at radius 1 is 1.03 bits per heavy atom. The third-order valence-electron chi connectivity index (χ3n) is 5.64. The van der Waals surface area contributed by atoms with Crippen molar-refractivity contribution >= 4 is 11.7 Å². The van der Waals surface area contributed by atoms with Gasteiger partial charge in [0.25, 0.3) is 0 Å². The molecule has 1 saturated heterocycles. The Balaban J connectivity index is 1.40. The molecule has 0 bridgehead atoms. The molecule has 30 heavy (non-hydrogen) atoms. The molecule has 1 N–H and O–H groups in total. The van der Waals surface area contributed by atoms with Crippen LogP contribution in [0.5, 0.6) is 5.75 Å². The quantitative estimate of drug-likeness (QED) is 0.673. The van der Waals surface area contributed by atoms with Crippen LogP contribution < -0.4 is 9.64 Å². The average molecular weight is 413 g/mol. The maximum atomic E-state index is 11.3. The highest BCUT2D eigenvalue weighted by molar-refractivity contribution is 5.72. The van der Waals surface area contributed by atoms with Crippen LogP contribution in [0.15, 0.2) is 42.5 Å². The summed E-state index contributed by atoms with van der Waals surface area (Å²) in [6.45, 7) is 8.89. The predicted octanol–water partition coefficient (Wildman–Crippen LogP) is 2.58. The molecular weight excluding hydrogens is 380 g/mol. The molecule has 162 valence electrons. The minimum Gasteiger partial charge on any atom is -0.491 e. The van der Waals surface area contributed by atoms with Crippen LogP contribution in [0.3, 0.4) is 0 Å². The Kier molecular flexibility index (Phi) is 7.71. The number of hydrogen-bond acceptors (Lipinski definition) is 6. The van der Waals surface area contributed by atoms with Crippen molar-refractivity contribution in [3.05, 3.63) is 59.2 Å². The summed E-state index contributed by atoms with van der Waals surface area (Å²) < 4.78 is 10.4. The van der Waals surface area contributed by atoms with E-state index in [2.05, 4.69) is 46.6 Å². The minimum absolute atomic E-state index is 0.244. The zero-order valence-electron chi connectivity index (χ0n) is 18.1. The number of nitrogens with zero attached hydrogens (tertiary/aromatic N) is 2. The number of ether oxygens (including phenoxy) is 2. The molecule has 3 rings (SSSR count). The predicted molar refractivity (Wildman–Crippen MR) is 118 cm³/mol. The van der Waals surface area contributed by atoms with Gasteiger partial charge in [0.2, 0.25) is 0 Å². The van der Waals surface area contributed by atoms with E-state index in [0.29, 0.717) is 12.3 Å². The van der Waals surface area contributed by atoms with E-state index in [0.717, 1.165) is 31.7 Å². The van der Waals surface area contributed by atoms with E-state index in [1.54, 1.807) is 0 Å². The van der Waals surface area contributed by atoms with Gasteiger partial charge in [0.15, 0.2) is 0 Å². The summed E-state index contributed by atoms with van der Waals surface area (Å²) in [6.07, 6.45) is -0.305. The molecule has 1 aliphatic heterocycles. The number of aliphatic hydroxyl groups excluding tert-OH is 1. The normalized spacial score (nSPS) is 15.7. The number of rotatable bonds is 8. The summed E-state index contributed by atoms with van der Waals surface area (Å²) >= 11 is 0. The minimum atomic E-state index is -0.548. The number of benzene rings is 2. The topological polar surface area (TPSA) is 62.2 Å². The fourth-order valence-electron chi connectivity index (χ4n) is 3.60. The fourth-order valence-corrected chi connectivity index (χ4v) is 3.60. The molecule has 0 saturated carbocycles. The summed E-state index contributed by atoms with van der Waals surface area (Å²) in [5.74, 6) is 0.416. The van der Waals surface area contributed by atoms with Crippen LogP contribution in [0.25, 0.3) is 0 Å². The van der Waals surface area contributed by atoms with Gasteiger partial charge in [-0.3, -0.25) is 9.69 Å². The monoisotopic (exact) mass is 412 g/mol. The SMILES string of the molecule is COC(=O)Cc1ccc(OCC(O)CN2CCN(c3ccc(C)c(C)c3)CC2)cc1. The van der Waals surface area contributed by atoms with Crippen LogP contribution in [-0.4, -0.2) is 68.5 Å². The molecule has 2 aromatic carbocycles. The van der Waals surface area contributed by atoms with Gasteiger partial charge in [-0.2, -0.15) is 0 Å². The van der Waals surface area contributed by atoms with Gasteiger partial charge in [-0.15, -0.1) is 0 Å². The molecule has 0 aromatic heterocycles. The number of aliphatic hydroxyl groups is 1. The number of β-amino-alcohol motifs (C(OH)–C–C–N with tert-alkyl or cyclic N) is 1. The molecule has 0 aliphatic carbocycles. The molecule has 1 fully saturated rings. The van der Waals surface area contributed by atoms with Crippen molar-refractivity contribution in [1.29, 1.82) is 0 Å². The first kappa shape index (κ1) is 22.1. The number of carbonyl (C=O) groups is 1. The number of esters is 1. The van der Waals surface area contributed by atoms with Crippen molar-refractivity contribution in [1.82, 2.24) is 4.90 Å². The lowest BCUT2D eigenvalue weighted by atomic mass is 10.1. The molecule has 6 nitrogen and oxygen atoms in total. The molecule has 0 spiro atoms. The largest absolute Gasteiger partial charge is 0.491 e. The van der Waals surface area contributed by atoms with E-state index in [4.69, 9.17) is 4.74 Å². The van der Waals surface area contributed by atoms with Crippen LogP contribution in [0.4, 0.5) is 5.69 Å². The van der Waals surface area contributed by atoms with Crippen LogP contribution >= 0.6 is 0 Å². The molecule has 6 heteroatoms. The van der Waals surface area contributed by atoms with Crippen LogP contribution in [0, 0.1) is 13.8 Å². The lowest BCUT2D eigenvalue weighted by molar-refractivity contribution is -0.139. The molecule has 1 aliphatic rings. The second-order valence-electron chi connectivity index (χ2n) is 7.92. The van der Waals surface area contributed by atoms with Crippen LogP contribution in [0.2, 0.25) is 0 Å². The smallest absolute Gasteiger partial charge is 0.309 e. The van der Waals surface area contributed by atoms with Gasteiger partial charge in [0.1, 0.15) is 18.5 Å². The highest BCUT2D eigenvalue weighted by Crippen LogP contribution is 2.20. The van der Waals surface area contributed by atoms with E-state index < -0.39 is 6.10 Å². The lowest BCUT2D eigenvalue weighted by Gasteiger charge is -2.37. The number of methoxy groups -OCH3 is 1. The van der Waals surface area contributed by atoms with Gasteiger partial charge in [0.05, 0.1) is 13.5 Å². The summed E-state index contributed by atoms with van der Waals surface area (Å²) in [6, 6.07) is 13.9. The molecule has 0 amide bonds. The van der Waals surface area contributed by atoms with Crippen molar-refractivity contribution in [3.63, 3.8) is 0 Å². The molecule has 1 atom stereocenters. The van der Waals surface area contributed by atoms with Gasteiger partial charge >= 0.3 is 5.97 Å². The molecule has 0 radical (unpaired) electrons.